The Hall–Kier alpha value is -0.710. The van der Waals surface area contributed by atoms with Crippen molar-refractivity contribution in [2.24, 2.45) is 5.92 Å². The summed E-state index contributed by atoms with van der Waals surface area (Å²) in [6, 6.07) is 0.428. The van der Waals surface area contributed by atoms with Gasteiger partial charge in [-0.05, 0) is 31.6 Å². The summed E-state index contributed by atoms with van der Waals surface area (Å²) in [7, 11) is 0. The van der Waals surface area contributed by atoms with Gasteiger partial charge in [-0.2, -0.15) is 0 Å². The van der Waals surface area contributed by atoms with Crippen molar-refractivity contribution in [1.82, 2.24) is 4.90 Å². The maximum Gasteiger partial charge on any atom is 0.304 e. The standard InChI is InChI=1S/C13H21NO3S/c15-12(16)7-9-18-13(17)14-8-3-5-10-4-1-2-6-11(10)14/h10-11H,1-9H2,(H,15,16). The van der Waals surface area contributed by atoms with E-state index in [0.717, 1.165) is 19.4 Å². The first kappa shape index (κ1) is 13.7. The van der Waals surface area contributed by atoms with Gasteiger partial charge >= 0.3 is 5.97 Å². The van der Waals surface area contributed by atoms with Crippen LogP contribution in [-0.2, 0) is 4.79 Å². The molecule has 1 amide bonds. The van der Waals surface area contributed by atoms with Crippen molar-refractivity contribution < 1.29 is 14.7 Å². The molecule has 2 unspecified atom stereocenters. The molecule has 1 saturated carbocycles. The van der Waals surface area contributed by atoms with Crippen LogP contribution in [0.5, 0.6) is 0 Å². The summed E-state index contributed by atoms with van der Waals surface area (Å²) < 4.78 is 0. The van der Waals surface area contributed by atoms with Crippen molar-refractivity contribution in [3.8, 4) is 0 Å². The number of rotatable bonds is 3. The number of carbonyl (C=O) groups is 2. The third-order valence-electron chi connectivity index (χ3n) is 4.02. The Morgan fingerprint density at radius 2 is 1.89 bits per heavy atom. The highest BCUT2D eigenvalue weighted by Crippen LogP contribution is 2.36. The molecule has 0 bridgehead atoms. The molecule has 102 valence electrons. The van der Waals surface area contributed by atoms with Crippen LogP contribution >= 0.6 is 11.8 Å². The fraction of sp³-hybridized carbons (Fsp3) is 0.846. The van der Waals surface area contributed by atoms with E-state index in [1.165, 1.54) is 37.4 Å². The van der Waals surface area contributed by atoms with Crippen LogP contribution in [0.15, 0.2) is 0 Å². The number of likely N-dealkylation sites (tertiary alicyclic amines) is 1. The molecule has 0 aromatic carbocycles. The van der Waals surface area contributed by atoms with Crippen molar-refractivity contribution in [3.63, 3.8) is 0 Å². The number of amides is 1. The quantitative estimate of drug-likeness (QED) is 0.857. The molecule has 2 rings (SSSR count). The lowest BCUT2D eigenvalue weighted by atomic mass is 9.78. The first-order valence-electron chi connectivity index (χ1n) is 6.83. The van der Waals surface area contributed by atoms with Crippen LogP contribution < -0.4 is 0 Å². The zero-order valence-corrected chi connectivity index (χ0v) is 11.5. The molecule has 1 N–H and O–H groups in total. The Bertz CT molecular complexity index is 319. The molecule has 0 spiro atoms. The second-order valence-corrected chi connectivity index (χ2v) is 6.25. The van der Waals surface area contributed by atoms with Crippen LogP contribution in [0.1, 0.15) is 44.9 Å². The van der Waals surface area contributed by atoms with E-state index in [-0.39, 0.29) is 11.7 Å². The molecule has 1 aliphatic heterocycles. The summed E-state index contributed by atoms with van der Waals surface area (Å²) in [5.41, 5.74) is 0. The van der Waals surface area contributed by atoms with Gasteiger partial charge in [-0.25, -0.2) is 0 Å². The van der Waals surface area contributed by atoms with E-state index >= 15 is 0 Å². The lowest BCUT2D eigenvalue weighted by Crippen LogP contribution is -2.48. The molecule has 18 heavy (non-hydrogen) atoms. The average Bonchev–Trinajstić information content (AvgIpc) is 2.37. The summed E-state index contributed by atoms with van der Waals surface area (Å²) in [6.45, 7) is 0.861. The molecule has 2 aliphatic rings. The van der Waals surface area contributed by atoms with Crippen molar-refractivity contribution in [1.29, 1.82) is 0 Å². The number of thioether (sulfide) groups is 1. The third kappa shape index (κ3) is 3.40. The van der Waals surface area contributed by atoms with Gasteiger partial charge in [0.05, 0.1) is 6.42 Å². The van der Waals surface area contributed by atoms with Gasteiger partial charge in [-0.3, -0.25) is 9.59 Å². The van der Waals surface area contributed by atoms with Crippen LogP contribution in [0.4, 0.5) is 4.79 Å². The highest BCUT2D eigenvalue weighted by molar-refractivity contribution is 8.13. The Morgan fingerprint density at radius 1 is 1.17 bits per heavy atom. The molecule has 0 radical (unpaired) electrons. The number of carboxylic acid groups (broad SMARTS) is 1. The van der Waals surface area contributed by atoms with Crippen molar-refractivity contribution >= 4 is 23.0 Å². The van der Waals surface area contributed by atoms with Gasteiger partial charge in [0, 0.05) is 18.3 Å². The maximum atomic E-state index is 12.1. The summed E-state index contributed by atoms with van der Waals surface area (Å²) >= 11 is 1.17. The van der Waals surface area contributed by atoms with Crippen LogP contribution in [-0.4, -0.2) is 39.6 Å². The molecular formula is C13H21NO3S. The smallest absolute Gasteiger partial charge is 0.304 e. The number of fused-ring (bicyclic) bond motifs is 1. The van der Waals surface area contributed by atoms with Crippen LogP contribution in [0.2, 0.25) is 0 Å². The van der Waals surface area contributed by atoms with E-state index in [0.29, 0.717) is 17.7 Å². The number of carboxylic acids is 1. The zero-order chi connectivity index (χ0) is 13.0. The number of hydrogen-bond donors (Lipinski definition) is 1. The normalized spacial score (nSPS) is 27.7. The highest BCUT2D eigenvalue weighted by atomic mass is 32.2. The van der Waals surface area contributed by atoms with Crippen molar-refractivity contribution in [2.45, 2.75) is 51.0 Å². The third-order valence-corrected chi connectivity index (χ3v) is 4.91. The summed E-state index contributed by atoms with van der Waals surface area (Å²) in [5.74, 6) is 0.253. The van der Waals surface area contributed by atoms with Crippen molar-refractivity contribution in [3.05, 3.63) is 0 Å². The van der Waals surface area contributed by atoms with E-state index in [1.807, 2.05) is 4.90 Å². The summed E-state index contributed by atoms with van der Waals surface area (Å²) in [4.78, 5) is 24.6. The van der Waals surface area contributed by atoms with Gasteiger partial charge in [0.2, 0.25) is 0 Å². The molecule has 1 heterocycles. The largest absolute Gasteiger partial charge is 0.481 e. The Labute approximate surface area is 112 Å². The van der Waals surface area contributed by atoms with Crippen LogP contribution in [0, 0.1) is 5.92 Å². The second-order valence-electron chi connectivity index (χ2n) is 5.21. The molecule has 1 saturated heterocycles. The first-order valence-corrected chi connectivity index (χ1v) is 7.82. The molecule has 2 atom stereocenters. The Balaban J connectivity index is 1.85. The van der Waals surface area contributed by atoms with E-state index in [4.69, 9.17) is 5.11 Å². The van der Waals surface area contributed by atoms with Gasteiger partial charge < -0.3 is 10.0 Å². The highest BCUT2D eigenvalue weighted by Gasteiger charge is 2.35. The summed E-state index contributed by atoms with van der Waals surface area (Å²) in [5, 5.41) is 8.68. The number of nitrogens with zero attached hydrogens (tertiary/aromatic N) is 1. The predicted molar refractivity (Wildman–Crippen MR) is 71.8 cm³/mol. The lowest BCUT2D eigenvalue weighted by molar-refractivity contribution is -0.136. The number of piperidine rings is 1. The molecule has 5 heteroatoms. The topological polar surface area (TPSA) is 57.6 Å². The fourth-order valence-corrected chi connectivity index (χ4v) is 4.00. The predicted octanol–water partition coefficient (Wildman–Crippen LogP) is 2.97. The van der Waals surface area contributed by atoms with E-state index in [1.54, 1.807) is 0 Å². The molecule has 4 nitrogen and oxygen atoms in total. The monoisotopic (exact) mass is 271 g/mol. The first-order chi connectivity index (χ1) is 8.68. The zero-order valence-electron chi connectivity index (χ0n) is 10.6. The molecule has 0 aromatic rings. The van der Waals surface area contributed by atoms with Gasteiger partial charge in [0.25, 0.3) is 5.24 Å². The molecule has 2 fully saturated rings. The van der Waals surface area contributed by atoms with E-state index < -0.39 is 5.97 Å². The second kappa shape index (κ2) is 6.45. The van der Waals surface area contributed by atoms with Gasteiger partial charge in [-0.1, -0.05) is 24.6 Å². The Kier molecular flexibility index (Phi) is 4.92. The number of aliphatic carboxylic acids is 1. The minimum Gasteiger partial charge on any atom is -0.481 e. The molecular weight excluding hydrogens is 250 g/mol. The minimum atomic E-state index is -0.829. The van der Waals surface area contributed by atoms with E-state index in [2.05, 4.69) is 0 Å². The van der Waals surface area contributed by atoms with Gasteiger partial charge in [-0.15, -0.1) is 0 Å². The maximum absolute atomic E-state index is 12.1. The van der Waals surface area contributed by atoms with E-state index in [9.17, 15) is 9.59 Å². The van der Waals surface area contributed by atoms with Crippen molar-refractivity contribution in [2.75, 3.05) is 12.3 Å². The molecule has 0 aromatic heterocycles. The lowest BCUT2D eigenvalue weighted by Gasteiger charge is -2.43. The van der Waals surface area contributed by atoms with Gasteiger partial charge in [0.15, 0.2) is 0 Å². The Morgan fingerprint density at radius 3 is 2.67 bits per heavy atom. The average molecular weight is 271 g/mol. The summed E-state index contributed by atoms with van der Waals surface area (Å²) in [6.07, 6.45) is 7.35. The van der Waals surface area contributed by atoms with Crippen LogP contribution in [0.25, 0.3) is 0 Å². The SMILES string of the molecule is O=C(O)CCSC(=O)N1CCCC2CCCCC21. The number of hydrogen-bond acceptors (Lipinski definition) is 3. The van der Waals surface area contributed by atoms with Gasteiger partial charge in [0.1, 0.15) is 0 Å². The minimum absolute atomic E-state index is 0.0678. The fourth-order valence-electron chi connectivity index (χ4n) is 3.16. The number of carbonyl (C=O) groups excluding carboxylic acids is 1. The van der Waals surface area contributed by atoms with Crippen LogP contribution in [0.3, 0.4) is 0 Å². The molecule has 1 aliphatic carbocycles.